The van der Waals surface area contributed by atoms with Crippen LogP contribution in [0.3, 0.4) is 0 Å². The Labute approximate surface area is 153 Å². The number of unbranched alkanes of at least 4 members (excludes halogenated alkanes) is 6. The summed E-state index contributed by atoms with van der Waals surface area (Å²) in [5, 5.41) is 0. The first-order chi connectivity index (χ1) is 12.1. The fourth-order valence-corrected chi connectivity index (χ4v) is 2.40. The number of carbonyl (C=O) groups is 2. The molecule has 0 amide bonds. The molecule has 25 heavy (non-hydrogen) atoms. The monoisotopic (exact) mass is 358 g/mol. The van der Waals surface area contributed by atoms with E-state index in [-0.39, 0.29) is 30.7 Å². The average Bonchev–Trinajstić information content (AvgIpc) is 2.60. The molecule has 1 atom stereocenters. The van der Waals surface area contributed by atoms with Crippen LogP contribution in [0.2, 0.25) is 0 Å². The van der Waals surface area contributed by atoms with Crippen molar-refractivity contribution in [1.29, 1.82) is 0 Å². The summed E-state index contributed by atoms with van der Waals surface area (Å²) in [6.45, 7) is 5.80. The highest BCUT2D eigenvalue weighted by Gasteiger charge is 2.09. The van der Waals surface area contributed by atoms with Crippen LogP contribution >= 0.6 is 0 Å². The lowest BCUT2D eigenvalue weighted by Crippen LogP contribution is -2.14. The van der Waals surface area contributed by atoms with E-state index in [1.165, 1.54) is 32.1 Å². The molecule has 0 rings (SSSR count). The van der Waals surface area contributed by atoms with E-state index in [1.807, 2.05) is 6.92 Å². The van der Waals surface area contributed by atoms with Crippen LogP contribution in [0.5, 0.6) is 0 Å². The van der Waals surface area contributed by atoms with E-state index in [0.717, 1.165) is 19.3 Å². The predicted octanol–water partition coefficient (Wildman–Crippen LogP) is 4.67. The first-order valence-electron chi connectivity index (χ1n) is 9.90. The summed E-state index contributed by atoms with van der Waals surface area (Å²) in [6.07, 6.45) is 10.3. The molecule has 0 aromatic rings. The quantitative estimate of drug-likeness (QED) is 0.279. The molecule has 0 saturated heterocycles. The number of methoxy groups -OCH3 is 1. The largest absolute Gasteiger partial charge is 0.466 e. The summed E-state index contributed by atoms with van der Waals surface area (Å²) in [5.41, 5.74) is 0. The number of hydrogen-bond donors (Lipinski definition) is 0. The second-order valence-corrected chi connectivity index (χ2v) is 6.77. The van der Waals surface area contributed by atoms with E-state index >= 15 is 0 Å². The van der Waals surface area contributed by atoms with Crippen LogP contribution in [0.1, 0.15) is 84.5 Å². The van der Waals surface area contributed by atoms with Crippen LogP contribution in [-0.4, -0.2) is 38.9 Å². The van der Waals surface area contributed by atoms with Crippen LogP contribution in [0.4, 0.5) is 0 Å². The molecule has 5 nitrogen and oxygen atoms in total. The van der Waals surface area contributed by atoms with Gasteiger partial charge in [0.1, 0.15) is 0 Å². The zero-order valence-electron chi connectivity index (χ0n) is 16.5. The van der Waals surface area contributed by atoms with Gasteiger partial charge in [-0.15, -0.1) is 0 Å². The van der Waals surface area contributed by atoms with Gasteiger partial charge in [-0.2, -0.15) is 0 Å². The van der Waals surface area contributed by atoms with E-state index < -0.39 is 0 Å². The molecule has 0 aromatic heterocycles. The maximum atomic E-state index is 11.6. The third kappa shape index (κ3) is 17.5. The SMILES string of the molecule is CCCCCCCCCOC(=O)CCCC(=O)OCC(C)CCOC. The highest BCUT2D eigenvalue weighted by Crippen LogP contribution is 2.08. The standard InChI is InChI=1S/C20H38O5/c1-4-5-6-7-8-9-10-15-24-19(21)12-11-13-20(22)25-17-18(2)14-16-23-3/h18H,4-17H2,1-3H3. The van der Waals surface area contributed by atoms with Gasteiger partial charge < -0.3 is 14.2 Å². The maximum Gasteiger partial charge on any atom is 0.305 e. The topological polar surface area (TPSA) is 61.8 Å². The fraction of sp³-hybridized carbons (Fsp3) is 0.900. The van der Waals surface area contributed by atoms with Crippen LogP contribution in [0, 0.1) is 5.92 Å². The molecule has 0 heterocycles. The second-order valence-electron chi connectivity index (χ2n) is 6.77. The Kier molecular flexibility index (Phi) is 16.9. The summed E-state index contributed by atoms with van der Waals surface area (Å²) in [5.74, 6) is -0.174. The van der Waals surface area contributed by atoms with Crippen LogP contribution < -0.4 is 0 Å². The number of rotatable bonds is 17. The van der Waals surface area contributed by atoms with Crippen molar-refractivity contribution in [3.8, 4) is 0 Å². The lowest BCUT2D eigenvalue weighted by atomic mass is 10.1. The van der Waals surface area contributed by atoms with E-state index in [1.54, 1.807) is 7.11 Å². The van der Waals surface area contributed by atoms with E-state index in [4.69, 9.17) is 14.2 Å². The lowest BCUT2D eigenvalue weighted by molar-refractivity contribution is -0.146. The molecule has 1 unspecified atom stereocenters. The van der Waals surface area contributed by atoms with Crippen molar-refractivity contribution in [2.45, 2.75) is 84.5 Å². The number of ether oxygens (including phenoxy) is 3. The average molecular weight is 359 g/mol. The van der Waals surface area contributed by atoms with Crippen molar-refractivity contribution in [1.82, 2.24) is 0 Å². The first-order valence-corrected chi connectivity index (χ1v) is 9.90. The Bertz CT molecular complexity index is 330. The van der Waals surface area contributed by atoms with Gasteiger partial charge in [-0.3, -0.25) is 9.59 Å². The molecular weight excluding hydrogens is 320 g/mol. The molecule has 0 fully saturated rings. The van der Waals surface area contributed by atoms with Crippen LogP contribution in [-0.2, 0) is 23.8 Å². The molecule has 0 aromatic carbocycles. The van der Waals surface area contributed by atoms with Crippen molar-refractivity contribution >= 4 is 11.9 Å². The van der Waals surface area contributed by atoms with E-state index in [0.29, 0.717) is 26.2 Å². The highest BCUT2D eigenvalue weighted by molar-refractivity contribution is 5.72. The van der Waals surface area contributed by atoms with Crippen molar-refractivity contribution in [2.24, 2.45) is 5.92 Å². The van der Waals surface area contributed by atoms with Crippen LogP contribution in [0.25, 0.3) is 0 Å². The third-order valence-corrected chi connectivity index (χ3v) is 4.12. The summed E-state index contributed by atoms with van der Waals surface area (Å²) in [4.78, 5) is 23.2. The predicted molar refractivity (Wildman–Crippen MR) is 99.4 cm³/mol. The second kappa shape index (κ2) is 17.7. The molecular formula is C20H38O5. The Morgan fingerprint density at radius 2 is 1.40 bits per heavy atom. The molecule has 0 spiro atoms. The Morgan fingerprint density at radius 1 is 0.800 bits per heavy atom. The van der Waals surface area contributed by atoms with Gasteiger partial charge in [0, 0.05) is 26.6 Å². The van der Waals surface area contributed by atoms with Crippen LogP contribution in [0.15, 0.2) is 0 Å². The minimum absolute atomic E-state index is 0.216. The number of hydrogen-bond acceptors (Lipinski definition) is 5. The molecule has 5 heteroatoms. The molecule has 0 saturated carbocycles. The zero-order chi connectivity index (χ0) is 18.8. The zero-order valence-corrected chi connectivity index (χ0v) is 16.5. The van der Waals surface area contributed by atoms with Gasteiger partial charge in [0.05, 0.1) is 13.2 Å². The molecule has 0 radical (unpaired) electrons. The number of carbonyl (C=O) groups excluding carboxylic acids is 2. The van der Waals surface area contributed by atoms with Crippen molar-refractivity contribution in [2.75, 3.05) is 26.9 Å². The molecule has 0 N–H and O–H groups in total. The van der Waals surface area contributed by atoms with Gasteiger partial charge in [0.2, 0.25) is 0 Å². The van der Waals surface area contributed by atoms with Crippen molar-refractivity contribution in [3.63, 3.8) is 0 Å². The van der Waals surface area contributed by atoms with Gasteiger partial charge in [-0.25, -0.2) is 0 Å². The third-order valence-electron chi connectivity index (χ3n) is 4.12. The fourth-order valence-electron chi connectivity index (χ4n) is 2.40. The van der Waals surface area contributed by atoms with Gasteiger partial charge in [-0.1, -0.05) is 52.4 Å². The lowest BCUT2D eigenvalue weighted by Gasteiger charge is -2.11. The Balaban J connectivity index is 3.43. The molecule has 0 aliphatic rings. The molecule has 0 aliphatic carbocycles. The Morgan fingerprint density at radius 3 is 2.04 bits per heavy atom. The smallest absolute Gasteiger partial charge is 0.305 e. The maximum absolute atomic E-state index is 11.6. The minimum atomic E-state index is -0.246. The van der Waals surface area contributed by atoms with Gasteiger partial charge in [0.15, 0.2) is 0 Å². The Hall–Kier alpha value is -1.10. The number of esters is 2. The summed E-state index contributed by atoms with van der Waals surface area (Å²) in [6, 6.07) is 0. The molecule has 0 aliphatic heterocycles. The van der Waals surface area contributed by atoms with Gasteiger partial charge in [-0.05, 0) is 25.2 Å². The van der Waals surface area contributed by atoms with E-state index in [9.17, 15) is 9.59 Å². The van der Waals surface area contributed by atoms with Gasteiger partial charge in [0.25, 0.3) is 0 Å². The van der Waals surface area contributed by atoms with Crippen molar-refractivity contribution < 1.29 is 23.8 Å². The highest BCUT2D eigenvalue weighted by atomic mass is 16.5. The normalized spacial score (nSPS) is 12.0. The molecule has 0 bridgehead atoms. The van der Waals surface area contributed by atoms with Crippen molar-refractivity contribution in [3.05, 3.63) is 0 Å². The summed E-state index contributed by atoms with van der Waals surface area (Å²) in [7, 11) is 1.66. The summed E-state index contributed by atoms with van der Waals surface area (Å²) >= 11 is 0. The minimum Gasteiger partial charge on any atom is -0.466 e. The van der Waals surface area contributed by atoms with E-state index in [2.05, 4.69) is 6.92 Å². The summed E-state index contributed by atoms with van der Waals surface area (Å²) < 4.78 is 15.4. The first kappa shape index (κ1) is 23.9. The molecule has 148 valence electrons. The van der Waals surface area contributed by atoms with Gasteiger partial charge >= 0.3 is 11.9 Å².